The molecule has 4 N–H and O–H groups in total. The molecule has 4 rings (SSSR count). The van der Waals surface area contributed by atoms with Gasteiger partial charge in [-0.05, 0) is 100 Å². The largest absolute Gasteiger partial charge is 0.490 e. The van der Waals surface area contributed by atoms with Crippen LogP contribution >= 0.6 is 11.3 Å². The second-order valence-corrected chi connectivity index (χ2v) is 12.0. The summed E-state index contributed by atoms with van der Waals surface area (Å²) >= 11 is 1.73. The third kappa shape index (κ3) is 7.56. The summed E-state index contributed by atoms with van der Waals surface area (Å²) in [6, 6.07) is 17.4. The van der Waals surface area contributed by atoms with E-state index in [4.69, 9.17) is 20.6 Å². The zero-order chi connectivity index (χ0) is 29.4. The van der Waals surface area contributed by atoms with Crippen molar-refractivity contribution in [1.82, 2.24) is 10.2 Å². The first-order chi connectivity index (χ1) is 19.8. The molecule has 1 fully saturated rings. The monoisotopic (exact) mass is 576 g/mol. The van der Waals surface area contributed by atoms with Gasteiger partial charge in [-0.2, -0.15) is 0 Å². The van der Waals surface area contributed by atoms with E-state index in [0.717, 1.165) is 38.0 Å². The third-order valence-corrected chi connectivity index (χ3v) is 9.54. The van der Waals surface area contributed by atoms with Crippen LogP contribution in [0.2, 0.25) is 0 Å². The molecule has 1 saturated heterocycles. The van der Waals surface area contributed by atoms with Gasteiger partial charge in [0.05, 0.1) is 11.8 Å². The Labute approximate surface area is 248 Å². The highest BCUT2D eigenvalue weighted by molar-refractivity contribution is 7.10. The van der Waals surface area contributed by atoms with Crippen molar-refractivity contribution in [3.05, 3.63) is 81.5 Å². The fourth-order valence-corrected chi connectivity index (χ4v) is 6.32. The van der Waals surface area contributed by atoms with Gasteiger partial charge in [0, 0.05) is 58.5 Å². The molecule has 3 aromatic rings. The van der Waals surface area contributed by atoms with Crippen LogP contribution in [0.5, 0.6) is 5.75 Å². The number of carbonyl (C=O) groups excluding carboxylic acids is 1. The molecular formula is C33H44N4O3S. The Morgan fingerprint density at radius 1 is 1.15 bits per heavy atom. The smallest absolute Gasteiger partial charge is 0.251 e. The molecule has 1 aromatic heterocycles. The molecule has 7 nitrogen and oxygen atoms in total. The Hall–Kier alpha value is -3.20. The Kier molecular flexibility index (Phi) is 10.6. The number of nitrogen functional groups attached to an aromatic ring is 1. The predicted molar refractivity (Wildman–Crippen MR) is 169 cm³/mol. The maximum Gasteiger partial charge on any atom is 0.251 e. The van der Waals surface area contributed by atoms with Crippen LogP contribution in [0.15, 0.2) is 60.0 Å². The van der Waals surface area contributed by atoms with Gasteiger partial charge in [0.15, 0.2) is 0 Å². The van der Waals surface area contributed by atoms with Gasteiger partial charge in [-0.15, -0.1) is 11.3 Å². The van der Waals surface area contributed by atoms with Crippen LogP contribution < -0.4 is 15.8 Å². The van der Waals surface area contributed by atoms with E-state index in [0.29, 0.717) is 48.2 Å². The quantitative estimate of drug-likeness (QED) is 0.168. The van der Waals surface area contributed by atoms with E-state index in [-0.39, 0.29) is 23.1 Å². The number of benzene rings is 2. The van der Waals surface area contributed by atoms with E-state index in [2.05, 4.69) is 55.5 Å². The Morgan fingerprint density at radius 2 is 1.85 bits per heavy atom. The van der Waals surface area contributed by atoms with E-state index in [1.54, 1.807) is 29.5 Å². The van der Waals surface area contributed by atoms with Crippen molar-refractivity contribution in [3.8, 4) is 5.75 Å². The first-order valence-electron chi connectivity index (χ1n) is 14.6. The molecule has 41 heavy (non-hydrogen) atoms. The van der Waals surface area contributed by atoms with Gasteiger partial charge >= 0.3 is 0 Å². The lowest BCUT2D eigenvalue weighted by Crippen LogP contribution is -2.44. The summed E-state index contributed by atoms with van der Waals surface area (Å²) in [6.45, 7) is 9.46. The molecule has 2 aromatic carbocycles. The molecule has 0 bridgehead atoms. The van der Waals surface area contributed by atoms with Gasteiger partial charge in [-0.3, -0.25) is 10.2 Å². The number of nitrogens with zero attached hydrogens (tertiary/aromatic N) is 1. The molecule has 220 valence electrons. The van der Waals surface area contributed by atoms with Crippen molar-refractivity contribution in [2.75, 3.05) is 39.1 Å². The predicted octanol–water partition coefficient (Wildman–Crippen LogP) is 6.11. The van der Waals surface area contributed by atoms with E-state index in [1.807, 2.05) is 24.3 Å². The van der Waals surface area contributed by atoms with E-state index < -0.39 is 0 Å². The zero-order valence-electron chi connectivity index (χ0n) is 24.7. The van der Waals surface area contributed by atoms with Crippen molar-refractivity contribution in [2.24, 2.45) is 0 Å². The van der Waals surface area contributed by atoms with E-state index >= 15 is 0 Å². The van der Waals surface area contributed by atoms with Gasteiger partial charge in [0.25, 0.3) is 5.91 Å². The van der Waals surface area contributed by atoms with Crippen LogP contribution in [0.3, 0.4) is 0 Å². The standard InChI is InChI=1S/C33H44N4O3S/c1-5-26(20-23(3)37(4)6-2)40-27-12-9-24(10-13-27)31(35)28-21-25(11-14-29(28)34)32(38)36-22-33(15-17-39-18-16-33)30-8-7-19-41-30/h7-14,19,21,23,26,35H,5-6,15-18,20,22,34H2,1-4H3,(H,36,38). The Bertz CT molecular complexity index is 1290. The minimum Gasteiger partial charge on any atom is -0.490 e. The highest BCUT2D eigenvalue weighted by Gasteiger charge is 2.36. The summed E-state index contributed by atoms with van der Waals surface area (Å²) in [5.74, 6) is 0.618. The number of rotatable bonds is 13. The molecule has 1 amide bonds. The van der Waals surface area contributed by atoms with Crippen LogP contribution in [0.25, 0.3) is 0 Å². The molecule has 0 radical (unpaired) electrons. The Balaban J connectivity index is 1.43. The van der Waals surface area contributed by atoms with Gasteiger partial charge in [-0.1, -0.05) is 19.9 Å². The summed E-state index contributed by atoms with van der Waals surface area (Å²) in [4.78, 5) is 16.9. The molecule has 2 unspecified atom stereocenters. The number of nitrogens with one attached hydrogen (secondary N) is 2. The normalized spacial score (nSPS) is 16.2. The van der Waals surface area contributed by atoms with Crippen molar-refractivity contribution in [3.63, 3.8) is 0 Å². The summed E-state index contributed by atoms with van der Waals surface area (Å²) < 4.78 is 11.9. The Morgan fingerprint density at radius 3 is 2.49 bits per heavy atom. The SMILES string of the molecule is CCC(CC(C)N(C)CC)Oc1ccc(C(=N)c2cc(C(=O)NCC3(c4cccs4)CCOCC3)ccc2N)cc1. The number of amides is 1. The van der Waals surface area contributed by atoms with Gasteiger partial charge < -0.3 is 25.4 Å². The molecule has 0 spiro atoms. The lowest BCUT2D eigenvalue weighted by Gasteiger charge is -2.36. The first-order valence-corrected chi connectivity index (χ1v) is 15.5. The topological polar surface area (TPSA) is 101 Å². The molecule has 1 aliphatic heterocycles. The highest BCUT2D eigenvalue weighted by Crippen LogP contribution is 2.37. The number of hydrogen-bond donors (Lipinski definition) is 3. The molecule has 2 atom stereocenters. The molecule has 2 heterocycles. The minimum atomic E-state index is -0.168. The number of ether oxygens (including phenoxy) is 2. The molecule has 0 aliphatic carbocycles. The van der Waals surface area contributed by atoms with Crippen LogP contribution in [0, 0.1) is 5.41 Å². The molecule has 1 aliphatic rings. The van der Waals surface area contributed by atoms with Crippen LogP contribution in [0.4, 0.5) is 5.69 Å². The van der Waals surface area contributed by atoms with Crippen LogP contribution in [0.1, 0.15) is 72.8 Å². The third-order valence-electron chi connectivity index (χ3n) is 8.42. The fraction of sp³-hybridized carbons (Fsp3) is 0.455. The van der Waals surface area contributed by atoms with Gasteiger partial charge in [0.2, 0.25) is 0 Å². The van der Waals surface area contributed by atoms with Gasteiger partial charge in [-0.25, -0.2) is 0 Å². The molecule has 8 heteroatoms. The van der Waals surface area contributed by atoms with Crippen molar-refractivity contribution in [1.29, 1.82) is 5.41 Å². The van der Waals surface area contributed by atoms with Crippen LogP contribution in [-0.4, -0.2) is 62.0 Å². The number of hydrogen-bond acceptors (Lipinski definition) is 7. The molecule has 0 saturated carbocycles. The number of anilines is 1. The lowest BCUT2D eigenvalue weighted by molar-refractivity contribution is 0.0499. The maximum atomic E-state index is 13.3. The zero-order valence-corrected chi connectivity index (χ0v) is 25.6. The van der Waals surface area contributed by atoms with Crippen molar-refractivity contribution >= 4 is 28.6 Å². The van der Waals surface area contributed by atoms with Crippen molar-refractivity contribution < 1.29 is 14.3 Å². The number of carbonyl (C=O) groups is 1. The average molecular weight is 577 g/mol. The minimum absolute atomic E-state index is 0.115. The van der Waals surface area contributed by atoms with Gasteiger partial charge in [0.1, 0.15) is 5.75 Å². The summed E-state index contributed by atoms with van der Waals surface area (Å²) in [6.07, 6.45) is 3.74. The summed E-state index contributed by atoms with van der Waals surface area (Å²) in [7, 11) is 2.13. The average Bonchev–Trinajstić information content (AvgIpc) is 3.56. The highest BCUT2D eigenvalue weighted by atomic mass is 32.1. The number of thiophene rings is 1. The summed E-state index contributed by atoms with van der Waals surface area (Å²) in [5, 5.41) is 14.1. The lowest BCUT2D eigenvalue weighted by atomic mass is 9.78. The fourth-order valence-electron chi connectivity index (χ4n) is 5.34. The maximum absolute atomic E-state index is 13.3. The first kappa shape index (κ1) is 30.8. The summed E-state index contributed by atoms with van der Waals surface area (Å²) in [5.41, 5.74) is 8.65. The van der Waals surface area contributed by atoms with E-state index in [9.17, 15) is 4.79 Å². The van der Waals surface area contributed by atoms with Crippen molar-refractivity contribution in [2.45, 2.75) is 64.0 Å². The number of nitrogens with two attached hydrogens (primary N) is 1. The second kappa shape index (κ2) is 14.1. The van der Waals surface area contributed by atoms with E-state index in [1.165, 1.54) is 4.88 Å². The second-order valence-electron chi connectivity index (χ2n) is 11.1. The molecular weight excluding hydrogens is 532 g/mol. The van der Waals surface area contributed by atoms with Crippen LogP contribution in [-0.2, 0) is 10.2 Å².